The van der Waals surface area contributed by atoms with Crippen molar-refractivity contribution in [3.63, 3.8) is 0 Å². The van der Waals surface area contributed by atoms with Gasteiger partial charge in [-0.05, 0) is 52.2 Å². The van der Waals surface area contributed by atoms with Crippen molar-refractivity contribution < 1.29 is 4.74 Å². The minimum Gasteiger partial charge on any atom is -0.491 e. The molecule has 0 fully saturated rings. The second-order valence-corrected chi connectivity index (χ2v) is 5.95. The topological polar surface area (TPSA) is 29.4 Å². The first-order valence-electron chi connectivity index (χ1n) is 7.67. The molecule has 0 amide bonds. The first-order valence-corrected chi connectivity index (χ1v) is 7.67. The highest BCUT2D eigenvalue weighted by molar-refractivity contribution is 5.81. The van der Waals surface area contributed by atoms with E-state index in [1.165, 1.54) is 10.9 Å². The predicted molar refractivity (Wildman–Crippen MR) is 89.1 cm³/mol. The number of fused-ring (bicyclic) bond motifs is 1. The van der Waals surface area contributed by atoms with Gasteiger partial charge in [0.25, 0.3) is 0 Å². The summed E-state index contributed by atoms with van der Waals surface area (Å²) >= 11 is 0. The van der Waals surface area contributed by atoms with Crippen LogP contribution in [0.5, 0.6) is 5.75 Å². The van der Waals surface area contributed by atoms with Crippen molar-refractivity contribution in [2.24, 2.45) is 0 Å². The van der Waals surface area contributed by atoms with Gasteiger partial charge >= 0.3 is 0 Å². The van der Waals surface area contributed by atoms with Crippen LogP contribution < -0.4 is 10.1 Å². The summed E-state index contributed by atoms with van der Waals surface area (Å²) in [4.78, 5) is 2.19. The number of nitrogens with zero attached hydrogens (tertiary/aromatic N) is 2. The third-order valence-corrected chi connectivity index (χ3v) is 3.38. The lowest BCUT2D eigenvalue weighted by Crippen LogP contribution is -2.28. The number of rotatable bonds is 8. The molecule has 0 saturated carbocycles. The molecule has 0 aliphatic carbocycles. The molecule has 0 radical (unpaired) electrons. The van der Waals surface area contributed by atoms with Crippen molar-refractivity contribution in [1.82, 2.24) is 14.8 Å². The maximum Gasteiger partial charge on any atom is 0.120 e. The van der Waals surface area contributed by atoms with Crippen LogP contribution in [0.2, 0.25) is 0 Å². The second kappa shape index (κ2) is 7.48. The Balaban J connectivity index is 1.92. The second-order valence-electron chi connectivity index (χ2n) is 5.95. The maximum atomic E-state index is 5.74. The van der Waals surface area contributed by atoms with E-state index in [1.54, 1.807) is 0 Å². The van der Waals surface area contributed by atoms with Crippen LogP contribution in [0.4, 0.5) is 0 Å². The third-order valence-electron chi connectivity index (χ3n) is 3.38. The third kappa shape index (κ3) is 4.76. The Morgan fingerprint density at radius 3 is 2.71 bits per heavy atom. The Morgan fingerprint density at radius 1 is 1.19 bits per heavy atom. The van der Waals surface area contributed by atoms with Gasteiger partial charge in [-0.3, -0.25) is 0 Å². The van der Waals surface area contributed by atoms with E-state index in [4.69, 9.17) is 4.74 Å². The van der Waals surface area contributed by atoms with Crippen LogP contribution in [0.3, 0.4) is 0 Å². The Kier molecular flexibility index (Phi) is 5.65. The zero-order chi connectivity index (χ0) is 15.2. The molecule has 21 heavy (non-hydrogen) atoms. The average molecular weight is 289 g/mol. The van der Waals surface area contributed by atoms with Crippen molar-refractivity contribution in [3.05, 3.63) is 30.5 Å². The molecule has 0 aliphatic heterocycles. The summed E-state index contributed by atoms with van der Waals surface area (Å²) in [6, 6.07) is 8.47. The first-order chi connectivity index (χ1) is 10.1. The molecule has 1 aromatic heterocycles. The van der Waals surface area contributed by atoms with Crippen molar-refractivity contribution in [2.75, 3.05) is 33.7 Å². The highest BCUT2D eigenvalue weighted by Gasteiger charge is 2.04. The molecule has 0 spiro atoms. The van der Waals surface area contributed by atoms with Crippen molar-refractivity contribution in [2.45, 2.75) is 26.5 Å². The molecular formula is C17H27N3O. The van der Waals surface area contributed by atoms with Gasteiger partial charge in [0, 0.05) is 43.3 Å². The van der Waals surface area contributed by atoms with E-state index in [1.807, 2.05) is 0 Å². The zero-order valence-electron chi connectivity index (χ0n) is 13.6. The fourth-order valence-corrected chi connectivity index (χ4v) is 2.35. The highest BCUT2D eigenvalue weighted by atomic mass is 16.5. The Hall–Kier alpha value is -1.52. The van der Waals surface area contributed by atoms with Gasteiger partial charge in [-0.15, -0.1) is 0 Å². The van der Waals surface area contributed by atoms with Gasteiger partial charge in [0.15, 0.2) is 0 Å². The monoisotopic (exact) mass is 289 g/mol. The van der Waals surface area contributed by atoms with Crippen molar-refractivity contribution >= 4 is 10.9 Å². The number of ether oxygens (including phenoxy) is 1. The number of likely N-dealkylation sites (N-methyl/N-ethyl adjacent to an activating group) is 1. The number of aromatic nitrogens is 1. The van der Waals surface area contributed by atoms with Gasteiger partial charge in [0.2, 0.25) is 0 Å². The average Bonchev–Trinajstić information content (AvgIpc) is 2.80. The summed E-state index contributed by atoms with van der Waals surface area (Å²) in [5, 5.41) is 4.71. The van der Waals surface area contributed by atoms with Crippen LogP contribution in [0.1, 0.15) is 13.8 Å². The standard InChI is InChI=1S/C17H27N3O/c1-14(2)21-16-5-6-17-15(13-16)7-10-20(17)12-9-18-8-11-19(3)4/h5-7,10,13-14,18H,8-9,11-12H2,1-4H3. The number of nitrogens with one attached hydrogen (secondary N) is 1. The van der Waals surface area contributed by atoms with E-state index in [0.29, 0.717) is 0 Å². The summed E-state index contributed by atoms with van der Waals surface area (Å²) in [5.41, 5.74) is 1.26. The number of benzene rings is 1. The van der Waals surface area contributed by atoms with E-state index in [0.717, 1.165) is 31.9 Å². The number of hydrogen-bond donors (Lipinski definition) is 1. The van der Waals surface area contributed by atoms with Crippen LogP contribution in [0, 0.1) is 0 Å². The summed E-state index contributed by atoms with van der Waals surface area (Å²) in [6.07, 6.45) is 2.36. The zero-order valence-corrected chi connectivity index (χ0v) is 13.6. The van der Waals surface area contributed by atoms with E-state index < -0.39 is 0 Å². The molecule has 0 saturated heterocycles. The van der Waals surface area contributed by atoms with Crippen LogP contribution >= 0.6 is 0 Å². The molecule has 4 nitrogen and oxygen atoms in total. The molecule has 0 atom stereocenters. The molecule has 2 aromatic rings. The number of hydrogen-bond acceptors (Lipinski definition) is 3. The van der Waals surface area contributed by atoms with Gasteiger partial charge in [-0.2, -0.15) is 0 Å². The smallest absolute Gasteiger partial charge is 0.120 e. The molecule has 4 heteroatoms. The fourth-order valence-electron chi connectivity index (χ4n) is 2.35. The minimum absolute atomic E-state index is 0.213. The van der Waals surface area contributed by atoms with Gasteiger partial charge in [-0.25, -0.2) is 0 Å². The van der Waals surface area contributed by atoms with Gasteiger partial charge in [0.05, 0.1) is 6.10 Å². The van der Waals surface area contributed by atoms with E-state index >= 15 is 0 Å². The molecule has 1 aromatic carbocycles. The van der Waals surface area contributed by atoms with Gasteiger partial charge < -0.3 is 19.5 Å². The van der Waals surface area contributed by atoms with Gasteiger partial charge in [0.1, 0.15) is 5.75 Å². The molecular weight excluding hydrogens is 262 g/mol. The minimum atomic E-state index is 0.213. The van der Waals surface area contributed by atoms with Crippen LogP contribution in [-0.2, 0) is 6.54 Å². The normalized spacial score (nSPS) is 11.7. The van der Waals surface area contributed by atoms with Crippen molar-refractivity contribution in [3.8, 4) is 5.75 Å². The first kappa shape index (κ1) is 15.9. The summed E-state index contributed by atoms with van der Waals surface area (Å²) in [6.45, 7) is 8.17. The molecule has 1 N–H and O–H groups in total. The maximum absolute atomic E-state index is 5.74. The lowest BCUT2D eigenvalue weighted by Gasteiger charge is -2.12. The largest absolute Gasteiger partial charge is 0.491 e. The molecule has 2 rings (SSSR count). The predicted octanol–water partition coefficient (Wildman–Crippen LogP) is 2.58. The van der Waals surface area contributed by atoms with E-state index in [-0.39, 0.29) is 6.10 Å². The summed E-state index contributed by atoms with van der Waals surface area (Å²) < 4.78 is 8.03. The molecule has 1 heterocycles. The molecule has 0 bridgehead atoms. The van der Waals surface area contributed by atoms with Crippen molar-refractivity contribution in [1.29, 1.82) is 0 Å². The SMILES string of the molecule is CC(C)Oc1ccc2c(ccn2CCNCCN(C)C)c1. The molecule has 0 unspecified atom stereocenters. The lowest BCUT2D eigenvalue weighted by molar-refractivity contribution is 0.243. The lowest BCUT2D eigenvalue weighted by atomic mass is 10.2. The summed E-state index contributed by atoms with van der Waals surface area (Å²) in [7, 11) is 4.19. The highest BCUT2D eigenvalue weighted by Crippen LogP contribution is 2.22. The van der Waals surface area contributed by atoms with E-state index in [9.17, 15) is 0 Å². The van der Waals surface area contributed by atoms with Crippen LogP contribution in [0.15, 0.2) is 30.5 Å². The van der Waals surface area contributed by atoms with Crippen LogP contribution in [0.25, 0.3) is 10.9 Å². The molecule has 116 valence electrons. The molecule has 0 aliphatic rings. The van der Waals surface area contributed by atoms with E-state index in [2.05, 4.69) is 73.2 Å². The summed E-state index contributed by atoms with van der Waals surface area (Å²) in [5.74, 6) is 0.944. The Labute approximate surface area is 127 Å². The fraction of sp³-hybridized carbons (Fsp3) is 0.529. The Morgan fingerprint density at radius 2 is 2.00 bits per heavy atom. The van der Waals surface area contributed by atoms with Crippen LogP contribution in [-0.4, -0.2) is 49.3 Å². The Bertz CT molecular complexity index is 560. The quantitative estimate of drug-likeness (QED) is 0.757. The van der Waals surface area contributed by atoms with Gasteiger partial charge in [-0.1, -0.05) is 0 Å².